The van der Waals surface area contributed by atoms with Gasteiger partial charge in [0.05, 0.1) is 6.04 Å². The first-order chi connectivity index (χ1) is 10.2. The molecule has 3 rings (SSSR count). The molecule has 0 bridgehead atoms. The van der Waals surface area contributed by atoms with E-state index in [-0.39, 0.29) is 0 Å². The standard InChI is InChI=1S/C17H22N4/c1-21-10-8-14(9-11-21)13-2-4-15(5-3-13)17(18)20-12-19-16-6-7-16/h2-5,8,12,16H,6-7,9-11H2,1H3,(H2,18,19,20). The van der Waals surface area contributed by atoms with E-state index in [0.29, 0.717) is 11.9 Å². The van der Waals surface area contributed by atoms with Crippen LogP contribution in [-0.2, 0) is 0 Å². The van der Waals surface area contributed by atoms with Gasteiger partial charge in [0.25, 0.3) is 0 Å². The first kappa shape index (κ1) is 14.0. The monoisotopic (exact) mass is 282 g/mol. The zero-order valence-corrected chi connectivity index (χ0v) is 12.5. The highest BCUT2D eigenvalue weighted by molar-refractivity contribution is 6.01. The first-order valence-corrected chi connectivity index (χ1v) is 7.55. The number of nitrogens with two attached hydrogens (primary N) is 1. The predicted octanol–water partition coefficient (Wildman–Crippen LogP) is 2.30. The van der Waals surface area contributed by atoms with E-state index in [1.54, 1.807) is 6.34 Å². The van der Waals surface area contributed by atoms with E-state index in [4.69, 9.17) is 5.73 Å². The highest BCUT2D eigenvalue weighted by atomic mass is 15.1. The Kier molecular flexibility index (Phi) is 4.15. The zero-order chi connectivity index (χ0) is 14.7. The summed E-state index contributed by atoms with van der Waals surface area (Å²) in [5, 5.41) is 0. The summed E-state index contributed by atoms with van der Waals surface area (Å²) in [7, 11) is 2.15. The van der Waals surface area contributed by atoms with Crippen molar-refractivity contribution < 1.29 is 0 Å². The SMILES string of the molecule is CN1CC=C(c2ccc(C(N)=NC=NC3CC3)cc2)CC1. The van der Waals surface area contributed by atoms with Crippen LogP contribution in [0, 0.1) is 0 Å². The van der Waals surface area contributed by atoms with Crippen LogP contribution in [0.5, 0.6) is 0 Å². The van der Waals surface area contributed by atoms with Gasteiger partial charge < -0.3 is 10.6 Å². The minimum absolute atomic E-state index is 0.486. The second-order valence-electron chi connectivity index (χ2n) is 5.83. The third kappa shape index (κ3) is 3.79. The normalized spacial score (nSPS) is 20.8. The van der Waals surface area contributed by atoms with Crippen molar-refractivity contribution in [1.82, 2.24) is 4.90 Å². The van der Waals surface area contributed by atoms with Gasteiger partial charge in [-0.25, -0.2) is 4.99 Å². The van der Waals surface area contributed by atoms with Crippen LogP contribution in [0.1, 0.15) is 30.4 Å². The summed E-state index contributed by atoms with van der Waals surface area (Å²) in [5.41, 5.74) is 9.64. The number of likely N-dealkylation sites (N-methyl/N-ethyl adjacent to an activating group) is 1. The summed E-state index contributed by atoms with van der Waals surface area (Å²) in [5.74, 6) is 0.531. The minimum Gasteiger partial charge on any atom is -0.383 e. The summed E-state index contributed by atoms with van der Waals surface area (Å²) in [6.45, 7) is 2.15. The molecule has 1 aromatic carbocycles. The van der Waals surface area contributed by atoms with Crippen molar-refractivity contribution in [3.8, 4) is 0 Å². The van der Waals surface area contributed by atoms with Gasteiger partial charge in [-0.3, -0.25) is 4.99 Å². The maximum Gasteiger partial charge on any atom is 0.132 e. The zero-order valence-electron chi connectivity index (χ0n) is 12.5. The Morgan fingerprint density at radius 2 is 2.05 bits per heavy atom. The fourth-order valence-corrected chi connectivity index (χ4v) is 2.38. The van der Waals surface area contributed by atoms with Crippen LogP contribution in [-0.4, -0.2) is 43.3 Å². The van der Waals surface area contributed by atoms with Crippen molar-refractivity contribution in [2.24, 2.45) is 15.7 Å². The molecule has 2 aliphatic rings. The number of hydrogen-bond acceptors (Lipinski definition) is 2. The lowest BCUT2D eigenvalue weighted by atomic mass is 9.98. The Hall–Kier alpha value is -1.94. The van der Waals surface area contributed by atoms with Gasteiger partial charge >= 0.3 is 0 Å². The maximum atomic E-state index is 5.99. The molecule has 0 radical (unpaired) electrons. The molecule has 4 nitrogen and oxygen atoms in total. The summed E-state index contributed by atoms with van der Waals surface area (Å²) in [4.78, 5) is 10.8. The molecule has 0 atom stereocenters. The number of hydrogen-bond donors (Lipinski definition) is 1. The van der Waals surface area contributed by atoms with E-state index >= 15 is 0 Å². The van der Waals surface area contributed by atoms with Gasteiger partial charge in [-0.1, -0.05) is 30.3 Å². The number of benzene rings is 1. The first-order valence-electron chi connectivity index (χ1n) is 7.55. The van der Waals surface area contributed by atoms with E-state index < -0.39 is 0 Å². The summed E-state index contributed by atoms with van der Waals surface area (Å²) >= 11 is 0. The van der Waals surface area contributed by atoms with E-state index in [1.807, 2.05) is 12.1 Å². The second-order valence-corrected chi connectivity index (χ2v) is 5.83. The fraction of sp³-hybridized carbons (Fsp3) is 0.412. The lowest BCUT2D eigenvalue weighted by molar-refractivity contribution is 0.370. The number of amidine groups is 1. The van der Waals surface area contributed by atoms with Crippen LogP contribution >= 0.6 is 0 Å². The molecule has 1 saturated carbocycles. The van der Waals surface area contributed by atoms with Crippen molar-refractivity contribution >= 4 is 17.7 Å². The van der Waals surface area contributed by atoms with E-state index in [9.17, 15) is 0 Å². The number of aliphatic imine (C=N–C) groups is 2. The van der Waals surface area contributed by atoms with Crippen molar-refractivity contribution in [2.45, 2.75) is 25.3 Å². The quantitative estimate of drug-likeness (QED) is 0.680. The Balaban J connectivity index is 1.68. The molecular formula is C17H22N4. The largest absolute Gasteiger partial charge is 0.383 e. The van der Waals surface area contributed by atoms with Crippen LogP contribution in [0.4, 0.5) is 0 Å². The molecular weight excluding hydrogens is 260 g/mol. The van der Waals surface area contributed by atoms with Gasteiger partial charge in [0, 0.05) is 18.7 Å². The molecule has 1 fully saturated rings. The van der Waals surface area contributed by atoms with Crippen LogP contribution in [0.15, 0.2) is 40.3 Å². The maximum absolute atomic E-state index is 5.99. The Morgan fingerprint density at radius 3 is 2.67 bits per heavy atom. The Morgan fingerprint density at radius 1 is 1.29 bits per heavy atom. The fourth-order valence-electron chi connectivity index (χ4n) is 2.38. The minimum atomic E-state index is 0.486. The number of nitrogens with zero attached hydrogens (tertiary/aromatic N) is 3. The van der Waals surface area contributed by atoms with Gasteiger partial charge in [-0.05, 0) is 37.4 Å². The van der Waals surface area contributed by atoms with Crippen molar-refractivity contribution in [3.05, 3.63) is 41.5 Å². The average Bonchev–Trinajstić information content (AvgIpc) is 3.32. The predicted molar refractivity (Wildman–Crippen MR) is 88.8 cm³/mol. The third-order valence-corrected chi connectivity index (χ3v) is 3.98. The molecule has 0 saturated heterocycles. The molecule has 1 heterocycles. The van der Waals surface area contributed by atoms with Gasteiger partial charge in [-0.15, -0.1) is 0 Å². The van der Waals surface area contributed by atoms with E-state index in [1.165, 1.54) is 24.0 Å². The average molecular weight is 282 g/mol. The highest BCUT2D eigenvalue weighted by Crippen LogP contribution is 2.23. The third-order valence-electron chi connectivity index (χ3n) is 3.98. The van der Waals surface area contributed by atoms with Crippen LogP contribution in [0.2, 0.25) is 0 Å². The number of rotatable bonds is 4. The van der Waals surface area contributed by atoms with Gasteiger partial charge in [-0.2, -0.15) is 0 Å². The lowest BCUT2D eigenvalue weighted by Crippen LogP contribution is -2.23. The molecule has 1 aromatic rings. The van der Waals surface area contributed by atoms with Crippen molar-refractivity contribution in [2.75, 3.05) is 20.1 Å². The van der Waals surface area contributed by atoms with Gasteiger partial charge in [0.1, 0.15) is 12.2 Å². The summed E-state index contributed by atoms with van der Waals surface area (Å²) < 4.78 is 0. The second kappa shape index (κ2) is 6.22. The van der Waals surface area contributed by atoms with Crippen LogP contribution < -0.4 is 5.73 Å². The topological polar surface area (TPSA) is 54.0 Å². The molecule has 4 heteroatoms. The van der Waals surface area contributed by atoms with E-state index in [0.717, 1.165) is 25.1 Å². The molecule has 2 N–H and O–H groups in total. The molecule has 1 aliphatic heterocycles. The Bertz CT molecular complexity index is 579. The Labute approximate surface area is 126 Å². The molecule has 0 spiro atoms. The highest BCUT2D eigenvalue weighted by Gasteiger charge is 2.18. The molecule has 21 heavy (non-hydrogen) atoms. The molecule has 0 unspecified atom stereocenters. The van der Waals surface area contributed by atoms with Gasteiger partial charge in [0.2, 0.25) is 0 Å². The molecule has 0 aromatic heterocycles. The molecule has 0 amide bonds. The van der Waals surface area contributed by atoms with Crippen LogP contribution in [0.25, 0.3) is 5.57 Å². The summed E-state index contributed by atoms with van der Waals surface area (Å²) in [6.07, 6.45) is 7.38. The van der Waals surface area contributed by atoms with Crippen molar-refractivity contribution in [3.63, 3.8) is 0 Å². The molecule has 110 valence electrons. The van der Waals surface area contributed by atoms with Crippen LogP contribution in [0.3, 0.4) is 0 Å². The lowest BCUT2D eigenvalue weighted by Gasteiger charge is -2.22. The van der Waals surface area contributed by atoms with Gasteiger partial charge in [0.15, 0.2) is 0 Å². The van der Waals surface area contributed by atoms with Crippen molar-refractivity contribution in [1.29, 1.82) is 0 Å². The smallest absolute Gasteiger partial charge is 0.132 e. The summed E-state index contributed by atoms with van der Waals surface area (Å²) in [6, 6.07) is 8.83. The van der Waals surface area contributed by atoms with E-state index in [2.05, 4.69) is 40.1 Å². The molecule has 1 aliphatic carbocycles.